The van der Waals surface area contributed by atoms with Crippen LogP contribution in [0.15, 0.2) is 18.2 Å². The number of aliphatic hydroxyl groups is 2. The van der Waals surface area contributed by atoms with Crippen LogP contribution < -0.4 is 0 Å². The summed E-state index contributed by atoms with van der Waals surface area (Å²) in [5.74, 6) is -0.448. The van der Waals surface area contributed by atoms with Gasteiger partial charge in [-0.1, -0.05) is 6.92 Å². The molecule has 2 rings (SSSR count). The Balaban J connectivity index is 2.25. The van der Waals surface area contributed by atoms with Crippen molar-refractivity contribution < 1.29 is 19.0 Å². The Morgan fingerprint density at radius 3 is 2.89 bits per heavy atom. The van der Waals surface area contributed by atoms with Crippen molar-refractivity contribution >= 4 is 0 Å². The summed E-state index contributed by atoms with van der Waals surface area (Å²) < 4.78 is 27.1. The van der Waals surface area contributed by atoms with Gasteiger partial charge in [0.05, 0.1) is 6.61 Å². The molecule has 2 atom stereocenters. The Morgan fingerprint density at radius 2 is 2.21 bits per heavy atom. The van der Waals surface area contributed by atoms with E-state index in [2.05, 4.69) is 0 Å². The van der Waals surface area contributed by atoms with E-state index in [1.54, 1.807) is 11.8 Å². The van der Waals surface area contributed by atoms with Crippen molar-refractivity contribution in [2.45, 2.75) is 32.0 Å². The lowest BCUT2D eigenvalue weighted by molar-refractivity contribution is -0.00409. The van der Waals surface area contributed by atoms with E-state index in [-0.39, 0.29) is 18.2 Å². The molecule has 1 saturated heterocycles. The highest BCUT2D eigenvalue weighted by molar-refractivity contribution is 5.24. The third-order valence-corrected chi connectivity index (χ3v) is 3.62. The van der Waals surface area contributed by atoms with Gasteiger partial charge in [0.25, 0.3) is 0 Å². The van der Waals surface area contributed by atoms with E-state index >= 15 is 0 Å². The molecule has 1 aromatic rings. The third-order valence-electron chi connectivity index (χ3n) is 3.62. The summed E-state index contributed by atoms with van der Waals surface area (Å²) in [5, 5.41) is 19.2. The number of hydrogen-bond acceptors (Lipinski definition) is 3. The first kappa shape index (κ1) is 14.4. The van der Waals surface area contributed by atoms with Crippen LogP contribution in [-0.2, 0) is 0 Å². The van der Waals surface area contributed by atoms with Crippen LogP contribution in [0.25, 0.3) is 0 Å². The molecule has 1 aromatic carbocycles. The fraction of sp³-hybridized carbons (Fsp3) is 0.500. The second-order valence-electron chi connectivity index (χ2n) is 4.94. The largest absolute Gasteiger partial charge is 0.396 e. The molecular formula is C14H18F2NO2. The standard InChI is InChI=1S/C14H18F2NO2/c1-9(8-18)14(19)17-6-2-3-13(17)11-7-10(15)4-5-12(11)16/h4-5,7,13-14,18-19H,2-3,6,8H2,1H3/t13-,14?/m1/s1. The molecule has 1 aliphatic rings. The molecule has 0 bridgehead atoms. The highest BCUT2D eigenvalue weighted by Gasteiger charge is 2.34. The number of benzene rings is 1. The van der Waals surface area contributed by atoms with Gasteiger partial charge in [-0.05, 0) is 31.0 Å². The molecular weight excluding hydrogens is 252 g/mol. The van der Waals surface area contributed by atoms with Crippen molar-refractivity contribution in [3.63, 3.8) is 0 Å². The minimum absolute atomic E-state index is 0.226. The van der Waals surface area contributed by atoms with Crippen LogP contribution in [0.4, 0.5) is 8.78 Å². The fourth-order valence-electron chi connectivity index (χ4n) is 2.55. The molecule has 2 N–H and O–H groups in total. The van der Waals surface area contributed by atoms with Crippen molar-refractivity contribution in [3.8, 4) is 0 Å². The molecule has 3 nitrogen and oxygen atoms in total. The normalized spacial score (nSPS) is 22.1. The molecule has 0 spiro atoms. The number of likely N-dealkylation sites (tertiary alicyclic amines) is 1. The summed E-state index contributed by atoms with van der Waals surface area (Å²) in [6.07, 6.45) is 0.534. The number of nitrogens with zero attached hydrogens (tertiary/aromatic N) is 1. The summed E-state index contributed by atoms with van der Waals surface area (Å²) in [6, 6.07) is 3.02. The SMILES string of the molecule is C[C](CO)C(O)N1CCC[C@@H]1c1cc(F)ccc1F. The van der Waals surface area contributed by atoms with Gasteiger partial charge in [-0.2, -0.15) is 0 Å². The van der Waals surface area contributed by atoms with Crippen LogP contribution in [0, 0.1) is 17.6 Å². The quantitative estimate of drug-likeness (QED) is 0.879. The summed E-state index contributed by atoms with van der Waals surface area (Å²) in [7, 11) is 0. The molecule has 1 radical (unpaired) electrons. The Morgan fingerprint density at radius 1 is 1.47 bits per heavy atom. The van der Waals surface area contributed by atoms with Crippen LogP contribution in [0.3, 0.4) is 0 Å². The highest BCUT2D eigenvalue weighted by Crippen LogP contribution is 2.36. The molecule has 1 aliphatic heterocycles. The Hall–Kier alpha value is -1.04. The molecule has 1 fully saturated rings. The summed E-state index contributed by atoms with van der Waals surface area (Å²) in [4.78, 5) is 1.70. The van der Waals surface area contributed by atoms with Crippen molar-refractivity contribution in [1.29, 1.82) is 0 Å². The van der Waals surface area contributed by atoms with E-state index in [1.165, 1.54) is 6.07 Å². The Kier molecular flexibility index (Phi) is 4.50. The smallest absolute Gasteiger partial charge is 0.128 e. The lowest BCUT2D eigenvalue weighted by Gasteiger charge is -2.32. The maximum absolute atomic E-state index is 13.8. The first-order chi connectivity index (χ1) is 9.04. The zero-order chi connectivity index (χ0) is 14.0. The van der Waals surface area contributed by atoms with Crippen LogP contribution in [0.2, 0.25) is 0 Å². The van der Waals surface area contributed by atoms with Crippen LogP contribution in [-0.4, -0.2) is 34.5 Å². The molecule has 105 valence electrons. The minimum atomic E-state index is -0.930. The van der Waals surface area contributed by atoms with E-state index in [0.29, 0.717) is 18.9 Å². The molecule has 1 heterocycles. The molecule has 19 heavy (non-hydrogen) atoms. The maximum Gasteiger partial charge on any atom is 0.128 e. The van der Waals surface area contributed by atoms with Gasteiger partial charge in [0.2, 0.25) is 0 Å². The summed E-state index contributed by atoms with van der Waals surface area (Å²) in [6.45, 7) is 2.01. The average molecular weight is 270 g/mol. The topological polar surface area (TPSA) is 43.7 Å². The van der Waals surface area contributed by atoms with Crippen LogP contribution in [0.1, 0.15) is 31.4 Å². The molecule has 0 amide bonds. The minimum Gasteiger partial charge on any atom is -0.396 e. The van der Waals surface area contributed by atoms with Gasteiger partial charge in [-0.3, -0.25) is 4.90 Å². The van der Waals surface area contributed by atoms with Gasteiger partial charge in [0.15, 0.2) is 0 Å². The molecule has 0 saturated carbocycles. The van der Waals surface area contributed by atoms with Gasteiger partial charge in [0.1, 0.15) is 17.9 Å². The molecule has 1 unspecified atom stereocenters. The molecule has 0 aliphatic carbocycles. The van der Waals surface area contributed by atoms with E-state index in [4.69, 9.17) is 5.11 Å². The lowest BCUT2D eigenvalue weighted by Crippen LogP contribution is -2.39. The van der Waals surface area contributed by atoms with E-state index < -0.39 is 17.9 Å². The Labute approximate surface area is 111 Å². The lowest BCUT2D eigenvalue weighted by atomic mass is 10.0. The number of rotatable bonds is 4. The van der Waals surface area contributed by atoms with Gasteiger partial charge in [-0.15, -0.1) is 0 Å². The zero-order valence-electron chi connectivity index (χ0n) is 10.8. The van der Waals surface area contributed by atoms with E-state index in [9.17, 15) is 13.9 Å². The van der Waals surface area contributed by atoms with Gasteiger partial charge in [0, 0.05) is 24.1 Å². The van der Waals surface area contributed by atoms with Crippen molar-refractivity contribution in [3.05, 3.63) is 41.3 Å². The van der Waals surface area contributed by atoms with E-state index in [0.717, 1.165) is 18.6 Å². The maximum atomic E-state index is 13.8. The van der Waals surface area contributed by atoms with Crippen LogP contribution in [0.5, 0.6) is 0 Å². The third kappa shape index (κ3) is 2.94. The zero-order valence-corrected chi connectivity index (χ0v) is 10.8. The number of aliphatic hydroxyl groups excluding tert-OH is 2. The molecule has 0 aromatic heterocycles. The second-order valence-corrected chi connectivity index (χ2v) is 4.94. The monoisotopic (exact) mass is 270 g/mol. The van der Waals surface area contributed by atoms with Crippen molar-refractivity contribution in [2.75, 3.05) is 13.2 Å². The van der Waals surface area contributed by atoms with Crippen molar-refractivity contribution in [1.82, 2.24) is 4.90 Å². The predicted molar refractivity (Wildman–Crippen MR) is 67.0 cm³/mol. The Bertz CT molecular complexity index is 441. The van der Waals surface area contributed by atoms with Gasteiger partial charge in [-0.25, -0.2) is 8.78 Å². The second kappa shape index (κ2) is 5.94. The average Bonchev–Trinajstić information content (AvgIpc) is 2.88. The van der Waals surface area contributed by atoms with Crippen LogP contribution >= 0.6 is 0 Å². The highest BCUT2D eigenvalue weighted by atomic mass is 19.1. The number of hydrogen-bond donors (Lipinski definition) is 2. The molecule has 5 heteroatoms. The first-order valence-corrected chi connectivity index (χ1v) is 6.36. The van der Waals surface area contributed by atoms with Gasteiger partial charge < -0.3 is 10.2 Å². The summed E-state index contributed by atoms with van der Waals surface area (Å²) >= 11 is 0. The first-order valence-electron chi connectivity index (χ1n) is 6.36. The number of halogens is 2. The van der Waals surface area contributed by atoms with Crippen molar-refractivity contribution in [2.24, 2.45) is 0 Å². The fourth-order valence-corrected chi connectivity index (χ4v) is 2.55. The predicted octanol–water partition coefficient (Wildman–Crippen LogP) is 2.01. The summed E-state index contributed by atoms with van der Waals surface area (Å²) in [5.41, 5.74) is 0.266. The van der Waals surface area contributed by atoms with Gasteiger partial charge >= 0.3 is 0 Å². The van der Waals surface area contributed by atoms with E-state index in [1.807, 2.05) is 0 Å².